The Bertz CT molecular complexity index is 829. The van der Waals surface area contributed by atoms with Crippen LogP contribution in [0.2, 0.25) is 0 Å². The Morgan fingerprint density at radius 1 is 1.12 bits per heavy atom. The van der Waals surface area contributed by atoms with E-state index in [1.54, 1.807) is 15.9 Å². The third-order valence-corrected chi connectivity index (χ3v) is 7.44. The van der Waals surface area contributed by atoms with E-state index in [4.69, 9.17) is 4.74 Å². The van der Waals surface area contributed by atoms with Crippen molar-refractivity contribution in [1.82, 2.24) is 14.5 Å². The number of ether oxygens (including phenoxy) is 1. The van der Waals surface area contributed by atoms with Crippen molar-refractivity contribution in [3.8, 4) is 5.19 Å². The van der Waals surface area contributed by atoms with Gasteiger partial charge in [-0.25, -0.2) is 8.42 Å². The number of piperidine rings is 1. The first-order chi connectivity index (χ1) is 12.1. The minimum absolute atomic E-state index is 0.00272. The molecule has 0 atom stereocenters. The molecule has 2 heterocycles. The zero-order chi connectivity index (χ0) is 17.3. The summed E-state index contributed by atoms with van der Waals surface area (Å²) in [6.45, 7) is 0.950. The second-order valence-electron chi connectivity index (χ2n) is 6.56. The lowest BCUT2D eigenvalue weighted by Crippen LogP contribution is -2.41. The highest BCUT2D eigenvalue weighted by atomic mass is 32.2. The fraction of sp³-hybridized carbons (Fsp3) is 0.529. The van der Waals surface area contributed by atoms with E-state index in [2.05, 4.69) is 10.2 Å². The summed E-state index contributed by atoms with van der Waals surface area (Å²) in [6, 6.07) is 5.64. The minimum Gasteiger partial charge on any atom is -0.466 e. The molecule has 4 rings (SSSR count). The van der Waals surface area contributed by atoms with Gasteiger partial charge in [-0.15, -0.1) is 10.2 Å². The summed E-state index contributed by atoms with van der Waals surface area (Å²) in [4.78, 5) is 0.427. The molecule has 1 aliphatic carbocycles. The van der Waals surface area contributed by atoms with Crippen LogP contribution in [0, 0.1) is 0 Å². The van der Waals surface area contributed by atoms with Crippen LogP contribution in [0.1, 0.15) is 36.8 Å². The van der Waals surface area contributed by atoms with E-state index in [1.165, 1.54) is 28.9 Å². The Labute approximate surface area is 151 Å². The zero-order valence-electron chi connectivity index (χ0n) is 13.9. The second kappa shape index (κ2) is 7.01. The third kappa shape index (κ3) is 3.56. The maximum Gasteiger partial charge on any atom is 0.294 e. The summed E-state index contributed by atoms with van der Waals surface area (Å²) < 4.78 is 33.3. The maximum absolute atomic E-state index is 13.0. The molecule has 1 aliphatic heterocycles. The first-order valence-electron chi connectivity index (χ1n) is 8.68. The summed E-state index contributed by atoms with van der Waals surface area (Å²) in [7, 11) is -3.43. The molecule has 0 bridgehead atoms. The van der Waals surface area contributed by atoms with Crippen molar-refractivity contribution >= 4 is 21.4 Å². The van der Waals surface area contributed by atoms with Gasteiger partial charge in [0, 0.05) is 13.1 Å². The van der Waals surface area contributed by atoms with E-state index >= 15 is 0 Å². The SMILES string of the molecule is O=S(=O)(c1ccc2c(c1)CCCC2)N1CCC(Oc2nncs2)CC1. The highest BCUT2D eigenvalue weighted by Gasteiger charge is 2.31. The van der Waals surface area contributed by atoms with Gasteiger partial charge >= 0.3 is 0 Å². The van der Waals surface area contributed by atoms with Gasteiger partial charge in [0.2, 0.25) is 10.0 Å². The molecule has 8 heteroatoms. The minimum atomic E-state index is -3.43. The topological polar surface area (TPSA) is 72.4 Å². The van der Waals surface area contributed by atoms with Gasteiger partial charge < -0.3 is 4.74 Å². The smallest absolute Gasteiger partial charge is 0.294 e. The highest BCUT2D eigenvalue weighted by molar-refractivity contribution is 7.89. The summed E-state index contributed by atoms with van der Waals surface area (Å²) in [6.07, 6.45) is 5.72. The van der Waals surface area contributed by atoms with Gasteiger partial charge in [-0.3, -0.25) is 0 Å². The van der Waals surface area contributed by atoms with E-state index in [0.29, 0.717) is 36.0 Å². The molecule has 0 saturated carbocycles. The Balaban J connectivity index is 1.44. The number of fused-ring (bicyclic) bond motifs is 1. The molecule has 1 aromatic heterocycles. The number of hydrogen-bond acceptors (Lipinski definition) is 6. The molecule has 134 valence electrons. The van der Waals surface area contributed by atoms with Crippen LogP contribution < -0.4 is 4.74 Å². The molecule has 0 spiro atoms. The second-order valence-corrected chi connectivity index (χ2v) is 9.30. The molecule has 2 aromatic rings. The predicted octanol–water partition coefficient (Wildman–Crippen LogP) is 2.65. The molecule has 0 unspecified atom stereocenters. The van der Waals surface area contributed by atoms with E-state index in [1.807, 2.05) is 12.1 Å². The molecule has 0 radical (unpaired) electrons. The van der Waals surface area contributed by atoms with Crippen molar-refractivity contribution < 1.29 is 13.2 Å². The number of benzene rings is 1. The van der Waals surface area contributed by atoms with Gasteiger partial charge in [0.1, 0.15) is 11.6 Å². The monoisotopic (exact) mass is 379 g/mol. The lowest BCUT2D eigenvalue weighted by atomic mass is 9.92. The first-order valence-corrected chi connectivity index (χ1v) is 11.0. The Morgan fingerprint density at radius 3 is 2.60 bits per heavy atom. The van der Waals surface area contributed by atoms with Gasteiger partial charge in [0.25, 0.3) is 5.19 Å². The van der Waals surface area contributed by atoms with Crippen molar-refractivity contribution in [3.05, 3.63) is 34.8 Å². The summed E-state index contributed by atoms with van der Waals surface area (Å²) in [5, 5.41) is 8.19. The van der Waals surface area contributed by atoms with Gasteiger partial charge in [-0.05, 0) is 61.8 Å². The van der Waals surface area contributed by atoms with Crippen LogP contribution in [0.25, 0.3) is 0 Å². The summed E-state index contributed by atoms with van der Waals surface area (Å²) in [5.74, 6) is 0. The quantitative estimate of drug-likeness (QED) is 0.817. The molecule has 25 heavy (non-hydrogen) atoms. The highest BCUT2D eigenvalue weighted by Crippen LogP contribution is 2.28. The summed E-state index contributed by atoms with van der Waals surface area (Å²) >= 11 is 1.36. The van der Waals surface area contributed by atoms with E-state index < -0.39 is 10.0 Å². The summed E-state index contributed by atoms with van der Waals surface area (Å²) in [5.41, 5.74) is 4.13. The number of nitrogens with zero attached hydrogens (tertiary/aromatic N) is 3. The Hall–Kier alpha value is -1.51. The zero-order valence-corrected chi connectivity index (χ0v) is 15.6. The average molecular weight is 380 g/mol. The van der Waals surface area contributed by atoms with Gasteiger partial charge in [-0.1, -0.05) is 17.4 Å². The third-order valence-electron chi connectivity index (χ3n) is 4.97. The lowest BCUT2D eigenvalue weighted by molar-refractivity contribution is 0.134. The van der Waals surface area contributed by atoms with E-state index in [-0.39, 0.29) is 6.10 Å². The average Bonchev–Trinajstić information content (AvgIpc) is 3.15. The molecule has 1 fully saturated rings. The molecular formula is C17H21N3O3S2. The number of hydrogen-bond donors (Lipinski definition) is 0. The fourth-order valence-electron chi connectivity index (χ4n) is 3.57. The van der Waals surface area contributed by atoms with Crippen molar-refractivity contribution in [2.45, 2.75) is 49.5 Å². The maximum atomic E-state index is 13.0. The van der Waals surface area contributed by atoms with Crippen LogP contribution in [-0.2, 0) is 22.9 Å². The van der Waals surface area contributed by atoms with Crippen molar-refractivity contribution in [3.63, 3.8) is 0 Å². The number of aryl methyl sites for hydroxylation is 2. The first kappa shape index (κ1) is 16.9. The van der Waals surface area contributed by atoms with Crippen LogP contribution >= 0.6 is 11.3 Å². The Morgan fingerprint density at radius 2 is 1.88 bits per heavy atom. The van der Waals surface area contributed by atoms with Crippen molar-refractivity contribution in [1.29, 1.82) is 0 Å². The van der Waals surface area contributed by atoms with E-state index in [0.717, 1.165) is 19.3 Å². The molecule has 6 nitrogen and oxygen atoms in total. The number of rotatable bonds is 4. The van der Waals surface area contributed by atoms with Gasteiger partial charge in [-0.2, -0.15) is 4.31 Å². The van der Waals surface area contributed by atoms with Crippen LogP contribution in [-0.4, -0.2) is 42.1 Å². The fourth-order valence-corrected chi connectivity index (χ4v) is 5.56. The van der Waals surface area contributed by atoms with Crippen LogP contribution in [0.3, 0.4) is 0 Å². The number of sulfonamides is 1. The molecule has 1 saturated heterocycles. The van der Waals surface area contributed by atoms with Crippen LogP contribution in [0.5, 0.6) is 5.19 Å². The van der Waals surface area contributed by atoms with Crippen molar-refractivity contribution in [2.24, 2.45) is 0 Å². The standard InChI is InChI=1S/C17H21N3O3S2/c21-25(22,16-6-5-13-3-1-2-4-14(13)11-16)20-9-7-15(8-10-20)23-17-19-18-12-24-17/h5-6,11-12,15H,1-4,7-10H2. The van der Waals surface area contributed by atoms with E-state index in [9.17, 15) is 8.42 Å². The molecule has 2 aliphatic rings. The van der Waals surface area contributed by atoms with Gasteiger partial charge in [0.15, 0.2) is 0 Å². The van der Waals surface area contributed by atoms with Crippen LogP contribution in [0.15, 0.2) is 28.6 Å². The largest absolute Gasteiger partial charge is 0.466 e. The Kier molecular flexibility index (Phi) is 4.75. The van der Waals surface area contributed by atoms with Crippen LogP contribution in [0.4, 0.5) is 0 Å². The van der Waals surface area contributed by atoms with Gasteiger partial charge in [0.05, 0.1) is 4.90 Å². The molecular weight excluding hydrogens is 358 g/mol. The predicted molar refractivity (Wildman–Crippen MR) is 95.4 cm³/mol. The van der Waals surface area contributed by atoms with Crippen molar-refractivity contribution in [2.75, 3.05) is 13.1 Å². The molecule has 0 amide bonds. The normalized spacial score (nSPS) is 19.5. The molecule has 1 aromatic carbocycles. The molecule has 0 N–H and O–H groups in total. The number of aromatic nitrogens is 2. The lowest BCUT2D eigenvalue weighted by Gasteiger charge is -2.31.